The quantitative estimate of drug-likeness (QED) is 0.658. The van der Waals surface area contributed by atoms with Crippen LogP contribution in [0.3, 0.4) is 0 Å². The average Bonchev–Trinajstić information content (AvgIpc) is 2.48. The maximum atomic E-state index is 12.0. The fourth-order valence-corrected chi connectivity index (χ4v) is 1.99. The van der Waals surface area contributed by atoms with Crippen LogP contribution in [0.25, 0.3) is 0 Å². The molecule has 2 aromatic carbocycles. The van der Waals surface area contributed by atoms with Gasteiger partial charge >= 0.3 is 0 Å². The Kier molecular flexibility index (Phi) is 4.99. The van der Waals surface area contributed by atoms with E-state index in [9.17, 15) is 4.79 Å². The summed E-state index contributed by atoms with van der Waals surface area (Å²) in [6.07, 6.45) is 0. The Morgan fingerprint density at radius 1 is 1.00 bits per heavy atom. The molecule has 108 valence electrons. The molecule has 21 heavy (non-hydrogen) atoms. The van der Waals surface area contributed by atoms with Crippen LogP contribution in [-0.2, 0) is 0 Å². The fraction of sp³-hybridized carbons (Fsp3) is 0.125. The van der Waals surface area contributed by atoms with E-state index < -0.39 is 0 Å². The lowest BCUT2D eigenvalue weighted by atomic mass is 10.1. The predicted molar refractivity (Wildman–Crippen MR) is 87.3 cm³/mol. The number of carbonyl (C=O) groups is 1. The van der Waals surface area contributed by atoms with Gasteiger partial charge in [0.1, 0.15) is 0 Å². The second kappa shape index (κ2) is 6.74. The van der Waals surface area contributed by atoms with Gasteiger partial charge in [0.25, 0.3) is 5.91 Å². The first-order valence-corrected chi connectivity index (χ1v) is 7.09. The second-order valence-corrected chi connectivity index (χ2v) is 5.45. The number of rotatable bonds is 3. The molecule has 1 N–H and O–H groups in total. The summed E-state index contributed by atoms with van der Waals surface area (Å²) in [5.74, 6) is -0.333. The number of hydrazone groups is 1. The molecule has 3 nitrogen and oxygen atoms in total. The molecule has 0 radical (unpaired) electrons. The zero-order valence-corrected chi connectivity index (χ0v) is 13.2. The van der Waals surface area contributed by atoms with E-state index in [2.05, 4.69) is 10.5 Å². The molecule has 0 heterocycles. The number of amides is 1. The molecule has 0 aliphatic carbocycles. The fourth-order valence-electron chi connectivity index (χ4n) is 1.70. The first kappa shape index (κ1) is 15.5. The summed E-state index contributed by atoms with van der Waals surface area (Å²) in [6.45, 7) is 3.85. The molecule has 0 aromatic heterocycles. The molecule has 1 amide bonds. The van der Waals surface area contributed by atoms with E-state index in [4.69, 9.17) is 23.2 Å². The van der Waals surface area contributed by atoms with Crippen molar-refractivity contribution in [1.82, 2.24) is 5.43 Å². The molecule has 0 saturated carbocycles. The van der Waals surface area contributed by atoms with Gasteiger partial charge in [-0.1, -0.05) is 53.0 Å². The highest BCUT2D eigenvalue weighted by Gasteiger charge is 2.07. The lowest BCUT2D eigenvalue weighted by Gasteiger charge is -2.04. The van der Waals surface area contributed by atoms with Gasteiger partial charge in [-0.2, -0.15) is 5.10 Å². The third kappa shape index (κ3) is 4.06. The van der Waals surface area contributed by atoms with Crippen molar-refractivity contribution in [1.29, 1.82) is 0 Å². The molecule has 5 heteroatoms. The van der Waals surface area contributed by atoms with Crippen molar-refractivity contribution in [2.75, 3.05) is 0 Å². The monoisotopic (exact) mass is 320 g/mol. The van der Waals surface area contributed by atoms with Gasteiger partial charge in [0.05, 0.1) is 15.8 Å². The van der Waals surface area contributed by atoms with Crippen LogP contribution in [0, 0.1) is 6.92 Å². The Balaban J connectivity index is 2.10. The molecular formula is C16H14Cl2N2O. The third-order valence-corrected chi connectivity index (χ3v) is 3.72. The molecule has 2 aromatic rings. The number of benzene rings is 2. The Bertz CT molecular complexity index is 694. The van der Waals surface area contributed by atoms with Gasteiger partial charge in [-0.3, -0.25) is 4.79 Å². The number of halogens is 2. The largest absolute Gasteiger partial charge is 0.271 e. The number of nitrogens with one attached hydrogen (secondary N) is 1. The highest BCUT2D eigenvalue weighted by Crippen LogP contribution is 2.22. The number of aryl methyl sites for hydroxylation is 1. The van der Waals surface area contributed by atoms with Crippen molar-refractivity contribution in [3.63, 3.8) is 0 Å². The van der Waals surface area contributed by atoms with Crippen molar-refractivity contribution in [3.8, 4) is 0 Å². The number of nitrogens with zero attached hydrogens (tertiary/aromatic N) is 1. The van der Waals surface area contributed by atoms with E-state index in [1.165, 1.54) is 11.6 Å². The molecule has 0 unspecified atom stereocenters. The van der Waals surface area contributed by atoms with E-state index in [1.54, 1.807) is 12.1 Å². The van der Waals surface area contributed by atoms with Gasteiger partial charge in [0.2, 0.25) is 0 Å². The first-order valence-electron chi connectivity index (χ1n) is 6.34. The Morgan fingerprint density at radius 3 is 2.24 bits per heavy atom. The summed E-state index contributed by atoms with van der Waals surface area (Å²) in [4.78, 5) is 12.0. The van der Waals surface area contributed by atoms with Crippen molar-refractivity contribution in [2.24, 2.45) is 5.10 Å². The highest BCUT2D eigenvalue weighted by atomic mass is 35.5. The minimum absolute atomic E-state index is 0.333. The molecule has 2 rings (SSSR count). The van der Waals surface area contributed by atoms with E-state index in [-0.39, 0.29) is 5.91 Å². The smallest absolute Gasteiger partial charge is 0.267 e. The number of hydrogen-bond acceptors (Lipinski definition) is 2. The maximum absolute atomic E-state index is 12.0. The summed E-state index contributed by atoms with van der Waals surface area (Å²) in [5, 5.41) is 4.84. The van der Waals surface area contributed by atoms with Gasteiger partial charge < -0.3 is 0 Å². The lowest BCUT2D eigenvalue weighted by Crippen LogP contribution is -2.19. The van der Waals surface area contributed by atoms with Crippen LogP contribution in [0.15, 0.2) is 47.6 Å². The van der Waals surface area contributed by atoms with E-state index >= 15 is 0 Å². The summed E-state index contributed by atoms with van der Waals surface area (Å²) in [7, 11) is 0. The summed E-state index contributed by atoms with van der Waals surface area (Å²) in [6, 6.07) is 12.6. The van der Waals surface area contributed by atoms with Crippen molar-refractivity contribution in [2.45, 2.75) is 13.8 Å². The molecule has 0 spiro atoms. The Morgan fingerprint density at radius 2 is 1.62 bits per heavy atom. The third-order valence-electron chi connectivity index (χ3n) is 2.98. The van der Waals surface area contributed by atoms with Gasteiger partial charge in [-0.15, -0.1) is 0 Å². The lowest BCUT2D eigenvalue weighted by molar-refractivity contribution is 0.0955. The SMILES string of the molecule is CC(=NNC(=O)c1ccc(Cl)c(Cl)c1)c1ccc(C)cc1. The summed E-state index contributed by atoms with van der Waals surface area (Å²) < 4.78 is 0. The van der Waals surface area contributed by atoms with Crippen LogP contribution in [0.2, 0.25) is 10.0 Å². The average molecular weight is 321 g/mol. The Hall–Kier alpha value is -1.84. The number of hydrogen-bond donors (Lipinski definition) is 1. The van der Waals surface area contributed by atoms with Crippen LogP contribution < -0.4 is 5.43 Å². The van der Waals surface area contributed by atoms with Gasteiger partial charge in [0.15, 0.2) is 0 Å². The van der Waals surface area contributed by atoms with Crippen LogP contribution in [0.1, 0.15) is 28.4 Å². The first-order chi connectivity index (χ1) is 9.97. The van der Waals surface area contributed by atoms with Gasteiger partial charge in [-0.05, 0) is 37.6 Å². The van der Waals surface area contributed by atoms with Crippen LogP contribution in [-0.4, -0.2) is 11.6 Å². The van der Waals surface area contributed by atoms with Crippen LogP contribution in [0.5, 0.6) is 0 Å². The summed E-state index contributed by atoms with van der Waals surface area (Å²) >= 11 is 11.7. The van der Waals surface area contributed by atoms with Crippen molar-refractivity contribution >= 4 is 34.8 Å². The second-order valence-electron chi connectivity index (χ2n) is 4.63. The summed E-state index contributed by atoms with van der Waals surface area (Å²) in [5.41, 5.74) is 5.76. The molecule has 0 bridgehead atoms. The standard InChI is InChI=1S/C16H14Cl2N2O/c1-10-3-5-12(6-4-10)11(2)19-20-16(21)13-7-8-14(17)15(18)9-13/h3-9H,1-2H3,(H,20,21). The van der Waals surface area contributed by atoms with Crippen molar-refractivity contribution < 1.29 is 4.79 Å². The Labute approximate surface area is 133 Å². The molecule has 0 saturated heterocycles. The van der Waals surface area contributed by atoms with Gasteiger partial charge in [0, 0.05) is 5.56 Å². The molecule has 0 aliphatic heterocycles. The van der Waals surface area contributed by atoms with Crippen LogP contribution >= 0.6 is 23.2 Å². The molecule has 0 atom stereocenters. The zero-order valence-electron chi connectivity index (χ0n) is 11.7. The van der Waals surface area contributed by atoms with E-state index in [1.807, 2.05) is 38.1 Å². The zero-order chi connectivity index (χ0) is 15.4. The maximum Gasteiger partial charge on any atom is 0.271 e. The minimum atomic E-state index is -0.333. The predicted octanol–water partition coefficient (Wildman–Crippen LogP) is 4.46. The number of carbonyl (C=O) groups excluding carboxylic acids is 1. The van der Waals surface area contributed by atoms with Gasteiger partial charge in [-0.25, -0.2) is 5.43 Å². The van der Waals surface area contributed by atoms with E-state index in [0.717, 1.165) is 11.3 Å². The van der Waals surface area contributed by atoms with E-state index in [0.29, 0.717) is 15.6 Å². The highest BCUT2D eigenvalue weighted by molar-refractivity contribution is 6.42. The van der Waals surface area contributed by atoms with Crippen LogP contribution in [0.4, 0.5) is 0 Å². The minimum Gasteiger partial charge on any atom is -0.267 e. The molecule has 0 aliphatic rings. The molecule has 0 fully saturated rings. The molecular weight excluding hydrogens is 307 g/mol. The normalized spacial score (nSPS) is 11.3. The van der Waals surface area contributed by atoms with Crippen molar-refractivity contribution in [3.05, 3.63) is 69.2 Å². The topological polar surface area (TPSA) is 41.5 Å².